The molecule has 0 radical (unpaired) electrons. The summed E-state index contributed by atoms with van der Waals surface area (Å²) < 4.78 is 0. The third-order valence-electron chi connectivity index (χ3n) is 3.17. The van der Waals surface area contributed by atoms with Gasteiger partial charge in [0.25, 0.3) is 0 Å². The predicted octanol–water partition coefficient (Wildman–Crippen LogP) is 1.46. The van der Waals surface area contributed by atoms with Crippen molar-refractivity contribution in [3.8, 4) is 0 Å². The highest BCUT2D eigenvalue weighted by atomic mass is 16.3. The number of allylic oxidation sites excluding steroid dienone is 3. The monoisotopic (exact) mass is 178 g/mol. The maximum Gasteiger partial charge on any atom is 0.167 e. The van der Waals surface area contributed by atoms with Gasteiger partial charge in [0.1, 0.15) is 0 Å². The summed E-state index contributed by atoms with van der Waals surface area (Å²) in [6.45, 7) is 3.64. The Labute approximate surface area is 78.0 Å². The number of hydrogen-bond acceptors (Lipinski definition) is 2. The Bertz CT molecular complexity index is 310. The Balaban J connectivity index is 2.45. The van der Waals surface area contributed by atoms with E-state index in [4.69, 9.17) is 0 Å². The number of rotatable bonds is 0. The zero-order valence-corrected chi connectivity index (χ0v) is 7.95. The van der Waals surface area contributed by atoms with Crippen molar-refractivity contribution in [1.29, 1.82) is 0 Å². The highest BCUT2D eigenvalue weighted by molar-refractivity contribution is 6.03. The first-order valence-electron chi connectivity index (χ1n) is 4.64. The van der Waals surface area contributed by atoms with Crippen molar-refractivity contribution < 1.29 is 9.90 Å². The Kier molecular flexibility index (Phi) is 1.70. The van der Waals surface area contributed by atoms with Gasteiger partial charge < -0.3 is 5.11 Å². The summed E-state index contributed by atoms with van der Waals surface area (Å²) in [7, 11) is 0. The first-order chi connectivity index (χ1) is 6.05. The second kappa shape index (κ2) is 2.55. The molecule has 2 rings (SSSR count). The molecule has 0 bridgehead atoms. The molecule has 0 heterocycles. The average Bonchev–Trinajstić information content (AvgIpc) is 2.30. The molecule has 2 nitrogen and oxygen atoms in total. The van der Waals surface area contributed by atoms with Gasteiger partial charge in [-0.3, -0.25) is 4.79 Å². The van der Waals surface area contributed by atoms with Crippen LogP contribution < -0.4 is 0 Å². The van der Waals surface area contributed by atoms with Gasteiger partial charge in [-0.1, -0.05) is 32.1 Å². The van der Waals surface area contributed by atoms with E-state index in [9.17, 15) is 9.90 Å². The van der Waals surface area contributed by atoms with Gasteiger partial charge in [0.05, 0.1) is 11.5 Å². The standard InChI is InChI=1S/C11H14O2/c1-11(2)9(12)7-5-3-4-6-8(7)10(11)13/h3-5,8,10,13H,6H2,1-2H3. The summed E-state index contributed by atoms with van der Waals surface area (Å²) in [4.78, 5) is 11.8. The van der Waals surface area contributed by atoms with Crippen molar-refractivity contribution in [2.45, 2.75) is 26.4 Å². The number of fused-ring (bicyclic) bond motifs is 1. The van der Waals surface area contributed by atoms with E-state index >= 15 is 0 Å². The molecular formula is C11H14O2. The summed E-state index contributed by atoms with van der Waals surface area (Å²) >= 11 is 0. The Morgan fingerprint density at radius 3 is 2.85 bits per heavy atom. The summed E-state index contributed by atoms with van der Waals surface area (Å²) in [6, 6.07) is 0. The normalized spacial score (nSPS) is 35.9. The molecule has 0 spiro atoms. The molecule has 1 fully saturated rings. The fourth-order valence-corrected chi connectivity index (χ4v) is 2.20. The van der Waals surface area contributed by atoms with Crippen molar-refractivity contribution in [2.75, 3.05) is 0 Å². The topological polar surface area (TPSA) is 37.3 Å². The van der Waals surface area contributed by atoms with Gasteiger partial charge in [-0.05, 0) is 6.42 Å². The molecule has 70 valence electrons. The van der Waals surface area contributed by atoms with Crippen LogP contribution >= 0.6 is 0 Å². The first kappa shape index (κ1) is 8.70. The van der Waals surface area contributed by atoms with Crippen molar-refractivity contribution in [3.05, 3.63) is 23.8 Å². The van der Waals surface area contributed by atoms with Crippen LogP contribution in [0.15, 0.2) is 23.8 Å². The van der Waals surface area contributed by atoms with Crippen LogP contribution in [0.3, 0.4) is 0 Å². The van der Waals surface area contributed by atoms with Crippen LogP contribution in [0.1, 0.15) is 20.3 Å². The molecule has 0 aromatic rings. The lowest BCUT2D eigenvalue weighted by Crippen LogP contribution is -2.31. The van der Waals surface area contributed by atoms with Crippen LogP contribution in [0.25, 0.3) is 0 Å². The van der Waals surface area contributed by atoms with E-state index in [0.29, 0.717) is 0 Å². The van der Waals surface area contributed by atoms with Gasteiger partial charge >= 0.3 is 0 Å². The van der Waals surface area contributed by atoms with Crippen LogP contribution in [-0.2, 0) is 4.79 Å². The third kappa shape index (κ3) is 1.02. The van der Waals surface area contributed by atoms with E-state index < -0.39 is 11.5 Å². The van der Waals surface area contributed by atoms with Gasteiger partial charge in [0, 0.05) is 11.5 Å². The van der Waals surface area contributed by atoms with Crippen LogP contribution in [0.5, 0.6) is 0 Å². The molecule has 1 saturated carbocycles. The van der Waals surface area contributed by atoms with Gasteiger partial charge in [0.15, 0.2) is 5.78 Å². The summed E-state index contributed by atoms with van der Waals surface area (Å²) in [5.74, 6) is 0.141. The maximum atomic E-state index is 11.8. The summed E-state index contributed by atoms with van der Waals surface area (Å²) in [5, 5.41) is 9.93. The minimum atomic E-state index is -0.595. The van der Waals surface area contributed by atoms with Gasteiger partial charge in [-0.25, -0.2) is 0 Å². The van der Waals surface area contributed by atoms with Gasteiger partial charge in [-0.2, -0.15) is 0 Å². The second-order valence-corrected chi connectivity index (χ2v) is 4.39. The fourth-order valence-electron chi connectivity index (χ4n) is 2.20. The number of ketones is 1. The molecule has 0 aliphatic heterocycles. The van der Waals surface area contributed by atoms with E-state index in [0.717, 1.165) is 12.0 Å². The van der Waals surface area contributed by atoms with Crippen LogP contribution in [0.2, 0.25) is 0 Å². The highest BCUT2D eigenvalue weighted by Crippen LogP contribution is 2.44. The second-order valence-electron chi connectivity index (χ2n) is 4.39. The van der Waals surface area contributed by atoms with E-state index in [-0.39, 0.29) is 11.7 Å². The van der Waals surface area contributed by atoms with Crippen LogP contribution in [-0.4, -0.2) is 17.0 Å². The Morgan fingerprint density at radius 2 is 2.23 bits per heavy atom. The molecule has 0 amide bonds. The molecule has 2 heteroatoms. The highest BCUT2D eigenvalue weighted by Gasteiger charge is 2.50. The number of carbonyl (C=O) groups excluding carboxylic acids is 1. The predicted molar refractivity (Wildman–Crippen MR) is 50.1 cm³/mol. The zero-order valence-electron chi connectivity index (χ0n) is 7.95. The van der Waals surface area contributed by atoms with Crippen molar-refractivity contribution >= 4 is 5.78 Å². The molecule has 2 atom stereocenters. The Hall–Kier alpha value is -0.890. The molecule has 0 saturated heterocycles. The fraction of sp³-hybridized carbons (Fsp3) is 0.545. The van der Waals surface area contributed by atoms with Crippen LogP contribution in [0.4, 0.5) is 0 Å². The lowest BCUT2D eigenvalue weighted by atomic mass is 9.86. The van der Waals surface area contributed by atoms with Crippen LogP contribution in [0, 0.1) is 11.3 Å². The third-order valence-corrected chi connectivity index (χ3v) is 3.17. The molecular weight excluding hydrogens is 164 g/mol. The summed E-state index contributed by atoms with van der Waals surface area (Å²) in [6.07, 6.45) is 6.02. The maximum absolute atomic E-state index is 11.8. The quantitative estimate of drug-likeness (QED) is 0.609. The van der Waals surface area contributed by atoms with Crippen molar-refractivity contribution in [1.82, 2.24) is 0 Å². The molecule has 1 N–H and O–H groups in total. The molecule has 2 unspecified atom stereocenters. The summed E-state index contributed by atoms with van der Waals surface area (Å²) in [5.41, 5.74) is 0.211. The van der Waals surface area contributed by atoms with E-state index in [1.165, 1.54) is 0 Å². The molecule has 2 aliphatic rings. The van der Waals surface area contributed by atoms with E-state index in [2.05, 4.69) is 0 Å². The lowest BCUT2D eigenvalue weighted by Gasteiger charge is -2.22. The molecule has 2 aliphatic carbocycles. The average molecular weight is 178 g/mol. The smallest absolute Gasteiger partial charge is 0.167 e. The SMILES string of the molecule is CC1(C)C(=O)C2=CC=CCC2C1O. The first-order valence-corrected chi connectivity index (χ1v) is 4.64. The minimum Gasteiger partial charge on any atom is -0.391 e. The number of Topliss-reactive ketones (excluding diaryl/α,β-unsaturated/α-hetero) is 1. The van der Waals surface area contributed by atoms with Gasteiger partial charge in [0.2, 0.25) is 0 Å². The lowest BCUT2D eigenvalue weighted by molar-refractivity contribution is -0.124. The molecule has 13 heavy (non-hydrogen) atoms. The van der Waals surface area contributed by atoms with Crippen molar-refractivity contribution in [2.24, 2.45) is 11.3 Å². The number of hydrogen-bond donors (Lipinski definition) is 1. The molecule has 0 aromatic carbocycles. The minimum absolute atomic E-state index is 0.0347. The van der Waals surface area contributed by atoms with Gasteiger partial charge in [-0.15, -0.1) is 0 Å². The molecule has 0 aromatic heterocycles. The number of carbonyl (C=O) groups is 1. The number of aliphatic hydroxyl groups excluding tert-OH is 1. The van der Waals surface area contributed by atoms with E-state index in [1.807, 2.05) is 32.1 Å². The zero-order chi connectivity index (χ0) is 9.64. The Morgan fingerprint density at radius 1 is 1.54 bits per heavy atom. The van der Waals surface area contributed by atoms with Crippen molar-refractivity contribution in [3.63, 3.8) is 0 Å². The van der Waals surface area contributed by atoms with E-state index in [1.54, 1.807) is 0 Å². The largest absolute Gasteiger partial charge is 0.391 e. The number of aliphatic hydroxyl groups is 1.